The first kappa shape index (κ1) is 19.8. The van der Waals surface area contributed by atoms with Gasteiger partial charge in [-0.3, -0.25) is 8.90 Å². The van der Waals surface area contributed by atoms with Gasteiger partial charge in [-0.2, -0.15) is 0 Å². The molecule has 2 aromatic carbocycles. The van der Waals surface area contributed by atoms with Crippen LogP contribution in [0.1, 0.15) is 41.5 Å². The Kier molecular flexibility index (Phi) is 4.80. The van der Waals surface area contributed by atoms with E-state index in [1.54, 1.807) is 7.11 Å². The van der Waals surface area contributed by atoms with E-state index in [4.69, 9.17) is 4.74 Å². The van der Waals surface area contributed by atoms with Gasteiger partial charge in [0.05, 0.1) is 12.6 Å². The summed E-state index contributed by atoms with van der Waals surface area (Å²) in [5.74, 6) is 0.830. The lowest BCUT2D eigenvalue weighted by Crippen LogP contribution is -2.32. The fourth-order valence-corrected chi connectivity index (χ4v) is 8.13. The molecule has 0 aliphatic rings. The molecule has 1 aromatic heterocycles. The van der Waals surface area contributed by atoms with Gasteiger partial charge in [-0.1, -0.05) is 71.9 Å². The molecule has 0 saturated carbocycles. The normalized spacial score (nSPS) is 13.1. The van der Waals surface area contributed by atoms with E-state index in [2.05, 4.69) is 82.3 Å². The second-order valence-corrected chi connectivity index (χ2v) is 13.3. The molecule has 0 atom stereocenters. The summed E-state index contributed by atoms with van der Waals surface area (Å²) in [7, 11) is -1.14. The van der Waals surface area contributed by atoms with Crippen LogP contribution >= 0.6 is 7.29 Å². The van der Waals surface area contributed by atoms with Crippen LogP contribution in [0.15, 0.2) is 54.7 Å². The van der Waals surface area contributed by atoms with Crippen molar-refractivity contribution in [1.29, 1.82) is 0 Å². The van der Waals surface area contributed by atoms with Gasteiger partial charge in [0, 0.05) is 27.5 Å². The Morgan fingerprint density at radius 3 is 1.96 bits per heavy atom. The average molecular weight is 383 g/mol. The van der Waals surface area contributed by atoms with E-state index in [0.29, 0.717) is 0 Å². The topological polar surface area (TPSA) is 31.2 Å². The van der Waals surface area contributed by atoms with Gasteiger partial charge in [-0.05, 0) is 23.8 Å². The Bertz CT molecular complexity index is 984. The van der Waals surface area contributed by atoms with E-state index in [1.807, 2.05) is 18.3 Å². The van der Waals surface area contributed by atoms with E-state index < -0.39 is 7.29 Å². The number of nitrogens with zero attached hydrogens (tertiary/aromatic N) is 1. The van der Waals surface area contributed by atoms with Crippen LogP contribution in [0, 0.1) is 0 Å². The maximum Gasteiger partial charge on any atom is 0.186 e. The van der Waals surface area contributed by atoms with Crippen molar-refractivity contribution in [2.75, 3.05) is 7.11 Å². The minimum Gasteiger partial charge on any atom is -0.497 e. The van der Waals surface area contributed by atoms with Crippen molar-refractivity contribution in [3.8, 4) is 16.9 Å². The molecule has 3 aromatic rings. The predicted molar refractivity (Wildman–Crippen MR) is 116 cm³/mol. The Morgan fingerprint density at radius 1 is 0.852 bits per heavy atom. The SMILES string of the molecule is COc1ccc(-c2cccc3ccn(P(=O)(C(C)(C)C)C(C)(C)C)c23)cc1. The van der Waals surface area contributed by atoms with Crippen LogP contribution in [0.25, 0.3) is 22.0 Å². The number of hydrogen-bond donors (Lipinski definition) is 0. The molecule has 3 rings (SSSR count). The van der Waals surface area contributed by atoms with E-state index in [0.717, 1.165) is 27.8 Å². The number of fused-ring (bicyclic) bond motifs is 1. The Hall–Kier alpha value is -1.99. The van der Waals surface area contributed by atoms with Gasteiger partial charge in [0.1, 0.15) is 5.75 Å². The minimum atomic E-state index is -2.81. The van der Waals surface area contributed by atoms with Gasteiger partial charge in [0.2, 0.25) is 0 Å². The lowest BCUT2D eigenvalue weighted by Gasteiger charge is -2.42. The van der Waals surface area contributed by atoms with Gasteiger partial charge >= 0.3 is 0 Å². The molecular formula is C23H30NO2P. The molecule has 0 spiro atoms. The highest BCUT2D eigenvalue weighted by atomic mass is 31.2. The number of methoxy groups -OCH3 is 1. The summed E-state index contributed by atoms with van der Waals surface area (Å²) in [6, 6.07) is 16.4. The monoisotopic (exact) mass is 383 g/mol. The van der Waals surface area contributed by atoms with E-state index in [1.165, 1.54) is 0 Å². The first-order valence-corrected chi connectivity index (χ1v) is 11.0. The smallest absolute Gasteiger partial charge is 0.186 e. The third-order valence-corrected chi connectivity index (χ3v) is 9.79. The summed E-state index contributed by atoms with van der Waals surface area (Å²) in [5.41, 5.74) is 3.22. The van der Waals surface area contributed by atoms with Gasteiger partial charge in [-0.15, -0.1) is 0 Å². The number of ether oxygens (including phenoxy) is 1. The zero-order valence-electron chi connectivity index (χ0n) is 17.4. The Morgan fingerprint density at radius 2 is 1.44 bits per heavy atom. The summed E-state index contributed by atoms with van der Waals surface area (Å²) in [4.78, 5) is 0. The second-order valence-electron chi connectivity index (χ2n) is 9.05. The van der Waals surface area contributed by atoms with Crippen LogP contribution in [0.5, 0.6) is 5.75 Å². The number of rotatable bonds is 3. The fraction of sp³-hybridized carbons (Fsp3) is 0.391. The van der Waals surface area contributed by atoms with Crippen molar-refractivity contribution in [3.05, 3.63) is 54.7 Å². The molecule has 0 saturated heterocycles. The molecule has 0 aliphatic carbocycles. The molecule has 1 heterocycles. The fourth-order valence-electron chi connectivity index (χ4n) is 4.07. The highest BCUT2D eigenvalue weighted by molar-refractivity contribution is 7.65. The Balaban J connectivity index is 2.34. The maximum absolute atomic E-state index is 14.6. The number of benzene rings is 2. The highest BCUT2D eigenvalue weighted by Crippen LogP contribution is 2.68. The van der Waals surface area contributed by atoms with E-state index in [-0.39, 0.29) is 10.3 Å². The second kappa shape index (κ2) is 6.56. The molecule has 0 amide bonds. The lowest BCUT2D eigenvalue weighted by molar-refractivity contribution is 0.415. The first-order chi connectivity index (χ1) is 12.5. The van der Waals surface area contributed by atoms with Crippen LogP contribution in [0.2, 0.25) is 0 Å². The number of hydrogen-bond acceptors (Lipinski definition) is 2. The van der Waals surface area contributed by atoms with Gasteiger partial charge in [0.15, 0.2) is 7.29 Å². The quantitative estimate of drug-likeness (QED) is 0.454. The summed E-state index contributed by atoms with van der Waals surface area (Å²) < 4.78 is 21.9. The first-order valence-electron chi connectivity index (χ1n) is 9.36. The number of aromatic nitrogens is 1. The van der Waals surface area contributed by atoms with Crippen molar-refractivity contribution in [1.82, 2.24) is 4.34 Å². The average Bonchev–Trinajstić information content (AvgIpc) is 3.03. The molecule has 0 radical (unpaired) electrons. The molecule has 144 valence electrons. The van der Waals surface area contributed by atoms with Crippen LogP contribution in [-0.4, -0.2) is 21.8 Å². The van der Waals surface area contributed by atoms with Crippen molar-refractivity contribution < 1.29 is 9.30 Å². The molecule has 0 bridgehead atoms. The highest BCUT2D eigenvalue weighted by Gasteiger charge is 2.48. The minimum absolute atomic E-state index is 0.357. The molecule has 0 unspecified atom stereocenters. The lowest BCUT2D eigenvalue weighted by atomic mass is 10.0. The molecule has 3 nitrogen and oxygen atoms in total. The van der Waals surface area contributed by atoms with Crippen LogP contribution < -0.4 is 4.74 Å². The Labute approximate surface area is 162 Å². The summed E-state index contributed by atoms with van der Waals surface area (Å²) in [6.07, 6.45) is 2.01. The summed E-state index contributed by atoms with van der Waals surface area (Å²) in [5, 5.41) is 0.395. The standard InChI is InChI=1S/C23H30NO2P/c1-22(2,3)27(25,23(4,5)6)24-16-15-18-9-8-10-20(21(18)24)17-11-13-19(26-7)14-12-17/h8-16H,1-7H3. The zero-order chi connectivity index (χ0) is 20.0. The largest absolute Gasteiger partial charge is 0.497 e. The summed E-state index contributed by atoms with van der Waals surface area (Å²) >= 11 is 0. The molecule has 0 N–H and O–H groups in total. The third kappa shape index (κ3) is 3.12. The summed E-state index contributed by atoms with van der Waals surface area (Å²) in [6.45, 7) is 12.5. The van der Waals surface area contributed by atoms with Crippen molar-refractivity contribution in [3.63, 3.8) is 0 Å². The molecular weight excluding hydrogens is 353 g/mol. The van der Waals surface area contributed by atoms with E-state index >= 15 is 0 Å². The third-order valence-electron chi connectivity index (χ3n) is 5.21. The van der Waals surface area contributed by atoms with Gasteiger partial charge in [0.25, 0.3) is 0 Å². The van der Waals surface area contributed by atoms with Crippen molar-refractivity contribution >= 4 is 18.2 Å². The maximum atomic E-state index is 14.6. The van der Waals surface area contributed by atoms with Crippen molar-refractivity contribution in [2.45, 2.75) is 51.9 Å². The molecule has 4 heteroatoms. The van der Waals surface area contributed by atoms with Crippen LogP contribution in [0.3, 0.4) is 0 Å². The molecule has 0 aliphatic heterocycles. The van der Waals surface area contributed by atoms with Crippen LogP contribution in [0.4, 0.5) is 0 Å². The van der Waals surface area contributed by atoms with Gasteiger partial charge in [-0.25, -0.2) is 0 Å². The molecule has 0 fully saturated rings. The van der Waals surface area contributed by atoms with Gasteiger partial charge < -0.3 is 4.74 Å². The van der Waals surface area contributed by atoms with Crippen molar-refractivity contribution in [2.24, 2.45) is 0 Å². The molecule has 27 heavy (non-hydrogen) atoms. The van der Waals surface area contributed by atoms with Crippen LogP contribution in [-0.2, 0) is 4.57 Å². The number of para-hydroxylation sites is 1. The zero-order valence-corrected chi connectivity index (χ0v) is 18.3. The van der Waals surface area contributed by atoms with E-state index in [9.17, 15) is 4.57 Å². The predicted octanol–water partition coefficient (Wildman–Crippen LogP) is 7.04.